The van der Waals surface area contributed by atoms with Gasteiger partial charge in [-0.05, 0) is 24.3 Å². The van der Waals surface area contributed by atoms with E-state index in [4.69, 9.17) is 21.1 Å². The molecule has 0 saturated carbocycles. The van der Waals surface area contributed by atoms with Gasteiger partial charge in [0.2, 0.25) is 0 Å². The van der Waals surface area contributed by atoms with Gasteiger partial charge in [0, 0.05) is 13.1 Å². The summed E-state index contributed by atoms with van der Waals surface area (Å²) in [7, 11) is 0. The monoisotopic (exact) mass is 267 g/mol. The lowest BCUT2D eigenvalue weighted by Gasteiger charge is -2.04. The van der Waals surface area contributed by atoms with Crippen LogP contribution in [0.15, 0.2) is 53.8 Å². The van der Waals surface area contributed by atoms with Crippen LogP contribution in [0.4, 0.5) is 0 Å². The molecule has 2 rings (SSSR count). The van der Waals surface area contributed by atoms with Crippen LogP contribution in [0.5, 0.6) is 11.5 Å². The number of hydrazone groups is 1. The van der Waals surface area contributed by atoms with Crippen molar-refractivity contribution >= 4 is 6.21 Å². The number of ether oxygens (including phenoxy) is 1. The summed E-state index contributed by atoms with van der Waals surface area (Å²) in [5.41, 5.74) is 0.697. The molecule has 0 bridgehead atoms. The minimum atomic E-state index is 0.681. The molecule has 1 heterocycles. The lowest BCUT2D eigenvalue weighted by atomic mass is 10.3. The van der Waals surface area contributed by atoms with E-state index in [1.54, 1.807) is 12.3 Å². The van der Waals surface area contributed by atoms with Gasteiger partial charge in [0.05, 0.1) is 18.1 Å². The first kappa shape index (κ1) is 16.6. The topological polar surface area (TPSA) is 108 Å². The molecule has 0 aliphatic rings. The molecule has 2 N–H and O–H groups in total. The summed E-state index contributed by atoms with van der Waals surface area (Å²) < 4.78 is 5.57. The summed E-state index contributed by atoms with van der Waals surface area (Å²) in [6.07, 6.45) is 3.11. The maximum absolute atomic E-state index is 6.50. The van der Waals surface area contributed by atoms with Crippen LogP contribution >= 0.6 is 0 Å². The Kier molecular flexibility index (Phi) is 8.94. The summed E-state index contributed by atoms with van der Waals surface area (Å²) in [5, 5.41) is 16.4. The first-order valence-corrected chi connectivity index (χ1v) is 5.32. The maximum atomic E-state index is 6.50. The van der Waals surface area contributed by atoms with Crippen molar-refractivity contribution in [2.45, 2.75) is 0 Å². The number of benzene rings is 1. The largest absolute Gasteiger partial charge is 0.456 e. The molecular weight excluding hydrogens is 254 g/mol. The average molecular weight is 267 g/mol. The van der Waals surface area contributed by atoms with Crippen LogP contribution in [-0.2, 0) is 0 Å². The third-order valence-electron chi connectivity index (χ3n) is 1.94. The van der Waals surface area contributed by atoms with Gasteiger partial charge in [-0.3, -0.25) is 4.98 Å². The number of nitrogens with zero attached hydrogens (tertiary/aromatic N) is 4. The molecule has 0 saturated heterocycles. The van der Waals surface area contributed by atoms with Crippen LogP contribution in [0.2, 0.25) is 0 Å². The molecule has 1 aromatic carbocycles. The highest BCUT2D eigenvalue weighted by Gasteiger charge is 1.96. The first-order valence-electron chi connectivity index (χ1n) is 5.32. The van der Waals surface area contributed by atoms with Gasteiger partial charge in [-0.2, -0.15) is 5.10 Å². The fourth-order valence-electron chi connectivity index (χ4n) is 1.23. The van der Waals surface area contributed by atoms with E-state index in [9.17, 15) is 0 Å². The molecule has 0 aliphatic carbocycles. The van der Waals surface area contributed by atoms with Crippen molar-refractivity contribution in [3.8, 4) is 24.6 Å². The van der Waals surface area contributed by atoms with Crippen molar-refractivity contribution in [1.82, 2.24) is 4.98 Å². The molecule has 0 amide bonds. The normalized spacial score (nSPS) is 8.60. The van der Waals surface area contributed by atoms with Crippen molar-refractivity contribution in [2.75, 3.05) is 0 Å². The number of pyridine rings is 1. The summed E-state index contributed by atoms with van der Waals surface area (Å²) >= 11 is 0. The third kappa shape index (κ3) is 5.80. The number of nitrogens with two attached hydrogens (primary N) is 1. The van der Waals surface area contributed by atoms with Crippen molar-refractivity contribution in [2.24, 2.45) is 10.9 Å². The van der Waals surface area contributed by atoms with Gasteiger partial charge in [-0.25, -0.2) is 10.5 Å². The van der Waals surface area contributed by atoms with Crippen LogP contribution in [0, 0.1) is 23.7 Å². The van der Waals surface area contributed by atoms with Gasteiger partial charge in [-0.15, -0.1) is 0 Å². The van der Waals surface area contributed by atoms with Gasteiger partial charge >= 0.3 is 0 Å². The van der Waals surface area contributed by atoms with Crippen LogP contribution < -0.4 is 10.6 Å². The van der Waals surface area contributed by atoms with Crippen molar-refractivity contribution in [1.29, 1.82) is 10.5 Å². The SMILES string of the molecule is C#N.C#N.NN=Cc1ccc(Oc2ccccc2)cn1. The van der Waals surface area contributed by atoms with Crippen LogP contribution in [0.25, 0.3) is 0 Å². The first-order chi connectivity index (χ1) is 9.88. The predicted octanol–water partition coefficient (Wildman–Crippen LogP) is 2.45. The van der Waals surface area contributed by atoms with Crippen molar-refractivity contribution in [3.05, 3.63) is 54.4 Å². The zero-order chi connectivity index (χ0) is 15.2. The summed E-state index contributed by atoms with van der Waals surface area (Å²) in [6, 6.07) is 13.1. The Bertz CT molecular complexity index is 540. The van der Waals surface area contributed by atoms with Gasteiger partial charge in [0.15, 0.2) is 0 Å². The molecule has 0 spiro atoms. The molecule has 0 aliphatic heterocycles. The highest BCUT2D eigenvalue weighted by Crippen LogP contribution is 2.19. The smallest absolute Gasteiger partial charge is 0.145 e. The molecule has 2 aromatic rings. The van der Waals surface area contributed by atoms with E-state index >= 15 is 0 Å². The van der Waals surface area contributed by atoms with Crippen molar-refractivity contribution in [3.63, 3.8) is 0 Å². The number of hydrogen-bond donors (Lipinski definition) is 1. The Labute approximate surface area is 117 Å². The Balaban J connectivity index is 0.000000829. The van der Waals surface area contributed by atoms with E-state index in [-0.39, 0.29) is 0 Å². The summed E-state index contributed by atoms with van der Waals surface area (Å²) in [4.78, 5) is 4.11. The van der Waals surface area contributed by atoms with Crippen LogP contribution in [0.3, 0.4) is 0 Å². The summed E-state index contributed by atoms with van der Waals surface area (Å²) in [6.45, 7) is 7.00. The van der Waals surface area contributed by atoms with E-state index in [2.05, 4.69) is 23.2 Å². The van der Waals surface area contributed by atoms with E-state index in [1.807, 2.05) is 36.4 Å². The lowest BCUT2D eigenvalue weighted by Crippen LogP contribution is -1.91. The summed E-state index contributed by atoms with van der Waals surface area (Å²) in [5.74, 6) is 6.48. The highest BCUT2D eigenvalue weighted by atomic mass is 16.5. The van der Waals surface area contributed by atoms with Gasteiger partial charge < -0.3 is 10.6 Å². The molecule has 6 heteroatoms. The van der Waals surface area contributed by atoms with Gasteiger partial charge in [0.25, 0.3) is 0 Å². The molecule has 20 heavy (non-hydrogen) atoms. The van der Waals surface area contributed by atoms with Crippen molar-refractivity contribution < 1.29 is 4.74 Å². The highest BCUT2D eigenvalue weighted by molar-refractivity contribution is 5.76. The quantitative estimate of drug-likeness (QED) is 0.522. The molecule has 0 atom stereocenters. The Morgan fingerprint density at radius 1 is 1.00 bits per heavy atom. The third-order valence-corrected chi connectivity index (χ3v) is 1.94. The molecule has 0 unspecified atom stereocenters. The fourth-order valence-corrected chi connectivity index (χ4v) is 1.23. The zero-order valence-electron chi connectivity index (χ0n) is 10.6. The van der Waals surface area contributed by atoms with Crippen LogP contribution in [-0.4, -0.2) is 11.2 Å². The van der Waals surface area contributed by atoms with E-state index < -0.39 is 0 Å². The van der Waals surface area contributed by atoms with E-state index in [0.29, 0.717) is 11.4 Å². The second-order valence-corrected chi connectivity index (χ2v) is 3.11. The van der Waals surface area contributed by atoms with Gasteiger partial charge in [-0.1, -0.05) is 18.2 Å². The van der Waals surface area contributed by atoms with E-state index in [0.717, 1.165) is 5.75 Å². The number of rotatable bonds is 3. The minimum Gasteiger partial charge on any atom is -0.456 e. The Hall–Kier alpha value is -3.38. The molecular formula is C14H13N5O. The molecule has 1 aromatic heterocycles. The second-order valence-electron chi connectivity index (χ2n) is 3.11. The predicted molar refractivity (Wildman–Crippen MR) is 75.9 cm³/mol. The Morgan fingerprint density at radius 3 is 2.15 bits per heavy atom. The Morgan fingerprint density at radius 2 is 1.65 bits per heavy atom. The van der Waals surface area contributed by atoms with Gasteiger partial charge in [0.1, 0.15) is 11.5 Å². The number of nitriles is 2. The maximum Gasteiger partial charge on any atom is 0.145 e. The molecule has 0 fully saturated rings. The number of hydrogen-bond acceptors (Lipinski definition) is 6. The van der Waals surface area contributed by atoms with Crippen LogP contribution in [0.1, 0.15) is 5.69 Å². The average Bonchev–Trinajstić information content (AvgIpc) is 2.54. The molecule has 100 valence electrons. The molecule has 6 nitrogen and oxygen atoms in total. The number of para-hydroxylation sites is 1. The fraction of sp³-hybridized carbons (Fsp3) is 0. The second kappa shape index (κ2) is 10.8. The van der Waals surface area contributed by atoms with E-state index in [1.165, 1.54) is 6.21 Å². The zero-order valence-corrected chi connectivity index (χ0v) is 10.6. The lowest BCUT2D eigenvalue weighted by molar-refractivity contribution is 0.480. The molecule has 0 radical (unpaired) electrons. The number of aromatic nitrogens is 1. The minimum absolute atomic E-state index is 0.681. The standard InChI is InChI=1S/C12H11N3O.2CHN/c13-15-8-10-6-7-12(9-14-10)16-11-4-2-1-3-5-11;2*1-2/h1-9H,13H2;2*1H.